The summed E-state index contributed by atoms with van der Waals surface area (Å²) in [6, 6.07) is 3.59. The van der Waals surface area contributed by atoms with Gasteiger partial charge in [0.1, 0.15) is 11.4 Å². The number of rotatable bonds is 2. The molecule has 0 radical (unpaired) electrons. The van der Waals surface area contributed by atoms with E-state index in [1.807, 2.05) is 6.07 Å². The standard InChI is InChI=1S/C16H24ClNO3/c1-15(2,3)11-7-10(13(19)12(17)8-11)9-18-14(20)21-16(4,5)6/h7-8,19H,9H2,1-6H3,(H,18,20). The van der Waals surface area contributed by atoms with Crippen LogP contribution in [0.1, 0.15) is 52.7 Å². The molecule has 118 valence electrons. The van der Waals surface area contributed by atoms with Crippen LogP contribution in [0.25, 0.3) is 0 Å². The maximum absolute atomic E-state index is 11.7. The van der Waals surface area contributed by atoms with Gasteiger partial charge in [0, 0.05) is 12.1 Å². The van der Waals surface area contributed by atoms with Crippen molar-refractivity contribution in [3.63, 3.8) is 0 Å². The Balaban J connectivity index is 2.89. The molecule has 0 saturated heterocycles. The first-order valence-corrected chi connectivity index (χ1v) is 7.26. The van der Waals surface area contributed by atoms with Crippen LogP contribution in [-0.4, -0.2) is 16.8 Å². The monoisotopic (exact) mass is 313 g/mol. The molecule has 1 aromatic carbocycles. The van der Waals surface area contributed by atoms with Crippen molar-refractivity contribution in [2.24, 2.45) is 0 Å². The van der Waals surface area contributed by atoms with Crippen molar-refractivity contribution >= 4 is 17.7 Å². The van der Waals surface area contributed by atoms with Gasteiger partial charge >= 0.3 is 6.09 Å². The second-order valence-corrected chi connectivity index (χ2v) is 7.48. The number of benzene rings is 1. The topological polar surface area (TPSA) is 58.6 Å². The van der Waals surface area contributed by atoms with Crippen LogP contribution in [0.5, 0.6) is 5.75 Å². The first-order valence-electron chi connectivity index (χ1n) is 6.89. The highest BCUT2D eigenvalue weighted by atomic mass is 35.5. The van der Waals surface area contributed by atoms with Crippen molar-refractivity contribution in [1.82, 2.24) is 5.32 Å². The lowest BCUT2D eigenvalue weighted by Gasteiger charge is -2.22. The van der Waals surface area contributed by atoms with Gasteiger partial charge in [-0.15, -0.1) is 0 Å². The van der Waals surface area contributed by atoms with E-state index in [2.05, 4.69) is 26.1 Å². The van der Waals surface area contributed by atoms with Crippen LogP contribution < -0.4 is 5.32 Å². The van der Waals surface area contributed by atoms with Crippen LogP contribution in [0.2, 0.25) is 5.02 Å². The first-order chi connectivity index (χ1) is 9.40. The molecule has 1 aromatic rings. The van der Waals surface area contributed by atoms with Crippen LogP contribution in [0, 0.1) is 0 Å². The third kappa shape index (κ3) is 5.46. The van der Waals surface area contributed by atoms with Crippen LogP contribution >= 0.6 is 11.6 Å². The minimum Gasteiger partial charge on any atom is -0.506 e. The fourth-order valence-corrected chi connectivity index (χ4v) is 1.94. The number of halogens is 1. The number of hydrogen-bond donors (Lipinski definition) is 2. The predicted octanol–water partition coefficient (Wildman–Crippen LogP) is 4.37. The van der Waals surface area contributed by atoms with E-state index >= 15 is 0 Å². The predicted molar refractivity (Wildman–Crippen MR) is 84.9 cm³/mol. The summed E-state index contributed by atoms with van der Waals surface area (Å²) in [6.45, 7) is 11.7. The molecule has 0 unspecified atom stereocenters. The number of nitrogens with one attached hydrogen (secondary N) is 1. The highest BCUT2D eigenvalue weighted by Gasteiger charge is 2.20. The molecule has 2 N–H and O–H groups in total. The van der Waals surface area contributed by atoms with Crippen molar-refractivity contribution in [1.29, 1.82) is 0 Å². The van der Waals surface area contributed by atoms with Crippen molar-refractivity contribution in [3.8, 4) is 5.75 Å². The molecule has 0 aliphatic rings. The molecular weight excluding hydrogens is 290 g/mol. The number of ether oxygens (including phenoxy) is 1. The normalized spacial score (nSPS) is 12.1. The zero-order valence-electron chi connectivity index (χ0n) is 13.5. The van der Waals surface area contributed by atoms with E-state index in [4.69, 9.17) is 16.3 Å². The summed E-state index contributed by atoms with van der Waals surface area (Å²) in [5, 5.41) is 12.9. The fourth-order valence-electron chi connectivity index (χ4n) is 1.71. The lowest BCUT2D eigenvalue weighted by atomic mass is 9.86. The van der Waals surface area contributed by atoms with E-state index in [9.17, 15) is 9.90 Å². The number of alkyl carbamates (subject to hydrolysis) is 1. The Hall–Kier alpha value is -1.42. The third-order valence-electron chi connectivity index (χ3n) is 2.83. The number of hydrogen-bond acceptors (Lipinski definition) is 3. The van der Waals surface area contributed by atoms with Gasteiger partial charge in [-0.25, -0.2) is 4.79 Å². The minimum atomic E-state index is -0.559. The van der Waals surface area contributed by atoms with Gasteiger partial charge in [-0.1, -0.05) is 32.4 Å². The number of carbonyl (C=O) groups is 1. The maximum Gasteiger partial charge on any atom is 0.407 e. The molecule has 0 spiro atoms. The van der Waals surface area contributed by atoms with Crippen LogP contribution in [0.15, 0.2) is 12.1 Å². The molecule has 4 nitrogen and oxygen atoms in total. The maximum atomic E-state index is 11.7. The van der Waals surface area contributed by atoms with Crippen molar-refractivity contribution in [2.45, 2.75) is 59.1 Å². The molecule has 0 saturated carbocycles. The minimum absolute atomic E-state index is 0.0132. The Kier molecular flexibility index (Phi) is 5.16. The Bertz CT molecular complexity index is 528. The highest BCUT2D eigenvalue weighted by Crippen LogP contribution is 2.34. The van der Waals surface area contributed by atoms with Gasteiger partial charge in [-0.2, -0.15) is 0 Å². The molecule has 5 heteroatoms. The zero-order chi connectivity index (χ0) is 16.4. The third-order valence-corrected chi connectivity index (χ3v) is 3.12. The summed E-state index contributed by atoms with van der Waals surface area (Å²) in [5.74, 6) is -0.0132. The number of amides is 1. The quantitative estimate of drug-likeness (QED) is 0.852. The molecule has 0 aliphatic heterocycles. The van der Waals surface area contributed by atoms with Gasteiger partial charge in [0.15, 0.2) is 0 Å². The molecular formula is C16H24ClNO3. The molecule has 0 fully saturated rings. The van der Waals surface area contributed by atoms with E-state index in [0.717, 1.165) is 5.56 Å². The number of phenolic OH excluding ortho intramolecular Hbond substituents is 1. The summed E-state index contributed by atoms with van der Waals surface area (Å²) in [7, 11) is 0. The van der Waals surface area contributed by atoms with Gasteiger partial charge in [0.2, 0.25) is 0 Å². The summed E-state index contributed by atoms with van der Waals surface area (Å²) in [6.07, 6.45) is -0.529. The van der Waals surface area contributed by atoms with E-state index in [0.29, 0.717) is 5.56 Å². The smallest absolute Gasteiger partial charge is 0.407 e. The van der Waals surface area contributed by atoms with Gasteiger partial charge in [-0.3, -0.25) is 0 Å². The SMILES string of the molecule is CC(C)(C)OC(=O)NCc1cc(C(C)(C)C)cc(Cl)c1O. The average Bonchev–Trinajstić information content (AvgIpc) is 2.27. The molecule has 0 aliphatic carbocycles. The molecule has 0 heterocycles. The van der Waals surface area contributed by atoms with Gasteiger partial charge in [0.25, 0.3) is 0 Å². The largest absolute Gasteiger partial charge is 0.506 e. The lowest BCUT2D eigenvalue weighted by molar-refractivity contribution is 0.0523. The van der Waals surface area contributed by atoms with Crippen molar-refractivity contribution in [3.05, 3.63) is 28.3 Å². The molecule has 0 bridgehead atoms. The van der Waals surface area contributed by atoms with Crippen LogP contribution in [-0.2, 0) is 16.7 Å². The average molecular weight is 314 g/mol. The van der Waals surface area contributed by atoms with Crippen molar-refractivity contribution < 1.29 is 14.6 Å². The fraction of sp³-hybridized carbons (Fsp3) is 0.562. The Morgan fingerprint density at radius 3 is 2.29 bits per heavy atom. The van der Waals surface area contributed by atoms with Gasteiger partial charge in [-0.05, 0) is 43.9 Å². The second-order valence-electron chi connectivity index (χ2n) is 7.07. The molecule has 0 aromatic heterocycles. The molecule has 1 rings (SSSR count). The van der Waals surface area contributed by atoms with E-state index in [1.54, 1.807) is 26.8 Å². The number of aromatic hydroxyl groups is 1. The second kappa shape index (κ2) is 6.14. The first kappa shape index (κ1) is 17.6. The molecule has 0 atom stereocenters. The van der Waals surface area contributed by atoms with E-state index in [1.165, 1.54) is 0 Å². The Morgan fingerprint density at radius 1 is 1.24 bits per heavy atom. The number of carbonyl (C=O) groups excluding carboxylic acids is 1. The van der Waals surface area contributed by atoms with Gasteiger partial charge < -0.3 is 15.2 Å². The van der Waals surface area contributed by atoms with Gasteiger partial charge in [0.05, 0.1) is 5.02 Å². The number of phenols is 1. The Labute approximate surface area is 131 Å². The lowest BCUT2D eigenvalue weighted by Crippen LogP contribution is -2.32. The van der Waals surface area contributed by atoms with E-state index in [-0.39, 0.29) is 22.7 Å². The molecule has 21 heavy (non-hydrogen) atoms. The summed E-state index contributed by atoms with van der Waals surface area (Å²) in [4.78, 5) is 11.7. The summed E-state index contributed by atoms with van der Waals surface area (Å²) in [5.41, 5.74) is 0.902. The summed E-state index contributed by atoms with van der Waals surface area (Å²) < 4.78 is 5.16. The van der Waals surface area contributed by atoms with Crippen LogP contribution in [0.3, 0.4) is 0 Å². The summed E-state index contributed by atoms with van der Waals surface area (Å²) >= 11 is 6.05. The van der Waals surface area contributed by atoms with Crippen LogP contribution in [0.4, 0.5) is 4.79 Å². The van der Waals surface area contributed by atoms with E-state index < -0.39 is 11.7 Å². The highest BCUT2D eigenvalue weighted by molar-refractivity contribution is 6.32. The zero-order valence-corrected chi connectivity index (χ0v) is 14.3. The Morgan fingerprint density at radius 2 is 1.81 bits per heavy atom. The molecule has 1 amide bonds. The van der Waals surface area contributed by atoms with Crippen molar-refractivity contribution in [2.75, 3.05) is 0 Å².